The normalized spacial score (nSPS) is 14.1. The molecule has 2 heterocycles. The number of rotatable bonds is 1. The van der Waals surface area contributed by atoms with Gasteiger partial charge in [0.25, 0.3) is 0 Å². The van der Waals surface area contributed by atoms with Crippen LogP contribution < -0.4 is 4.90 Å². The maximum atomic E-state index is 13.3. The van der Waals surface area contributed by atoms with E-state index >= 15 is 0 Å². The number of nitrogens with zero attached hydrogens (tertiary/aromatic N) is 2. The first-order valence-corrected chi connectivity index (χ1v) is 8.77. The van der Waals surface area contributed by atoms with E-state index in [2.05, 4.69) is 11.0 Å². The van der Waals surface area contributed by atoms with E-state index in [9.17, 15) is 13.2 Å². The summed E-state index contributed by atoms with van der Waals surface area (Å²) in [6.07, 6.45) is -3.48. The third-order valence-electron chi connectivity index (χ3n) is 5.15. The molecule has 2 nitrogen and oxygen atoms in total. The van der Waals surface area contributed by atoms with Gasteiger partial charge < -0.3 is 4.90 Å². The number of fused-ring (bicyclic) bond motifs is 4. The van der Waals surface area contributed by atoms with Crippen LogP contribution in [0.2, 0.25) is 0 Å². The molecule has 4 aromatic rings. The fourth-order valence-corrected chi connectivity index (χ4v) is 3.88. The van der Waals surface area contributed by atoms with Gasteiger partial charge in [0.1, 0.15) is 5.82 Å². The lowest BCUT2D eigenvalue weighted by molar-refractivity contribution is -0.137. The van der Waals surface area contributed by atoms with Crippen LogP contribution in [0.5, 0.6) is 0 Å². The molecule has 0 aliphatic carbocycles. The molecular formula is C22H15F3N2. The van der Waals surface area contributed by atoms with Gasteiger partial charge in [0.2, 0.25) is 0 Å². The quantitative estimate of drug-likeness (QED) is 0.379. The number of alkyl halides is 3. The third-order valence-corrected chi connectivity index (χ3v) is 5.15. The molecule has 0 unspecified atom stereocenters. The van der Waals surface area contributed by atoms with Crippen molar-refractivity contribution < 1.29 is 13.2 Å². The van der Waals surface area contributed by atoms with Crippen molar-refractivity contribution in [2.45, 2.75) is 12.6 Å². The number of halogens is 3. The van der Waals surface area contributed by atoms with E-state index < -0.39 is 11.7 Å². The summed E-state index contributed by atoms with van der Waals surface area (Å²) in [4.78, 5) is 6.93. The van der Waals surface area contributed by atoms with Gasteiger partial charge in [-0.2, -0.15) is 13.2 Å². The second kappa shape index (κ2) is 5.71. The molecule has 0 saturated carbocycles. The monoisotopic (exact) mass is 364 g/mol. The number of benzene rings is 3. The van der Waals surface area contributed by atoms with Crippen molar-refractivity contribution in [3.05, 3.63) is 77.9 Å². The summed E-state index contributed by atoms with van der Waals surface area (Å²) in [5.41, 5.74) is 2.36. The summed E-state index contributed by atoms with van der Waals surface area (Å²) in [6, 6.07) is 19.4. The first-order valence-electron chi connectivity index (χ1n) is 8.77. The Bertz CT molecular complexity index is 1180. The van der Waals surface area contributed by atoms with E-state index in [0.717, 1.165) is 35.5 Å². The van der Waals surface area contributed by atoms with Gasteiger partial charge >= 0.3 is 6.18 Å². The molecule has 0 bridgehead atoms. The number of para-hydroxylation sites is 2. The van der Waals surface area contributed by atoms with Crippen molar-refractivity contribution in [1.29, 1.82) is 0 Å². The zero-order valence-corrected chi connectivity index (χ0v) is 14.3. The fraction of sp³-hybridized carbons (Fsp3) is 0.136. The van der Waals surface area contributed by atoms with Gasteiger partial charge in [0.05, 0.1) is 11.1 Å². The first kappa shape index (κ1) is 16.1. The van der Waals surface area contributed by atoms with E-state index in [1.807, 2.05) is 42.5 Å². The molecule has 0 fully saturated rings. The first-order chi connectivity index (χ1) is 13.0. The Hall–Kier alpha value is -3.08. The predicted octanol–water partition coefficient (Wildman–Crippen LogP) is 6.10. The molecule has 0 amide bonds. The molecule has 1 aliphatic heterocycles. The summed E-state index contributed by atoms with van der Waals surface area (Å²) in [7, 11) is 0. The molecule has 27 heavy (non-hydrogen) atoms. The van der Waals surface area contributed by atoms with Crippen molar-refractivity contribution in [3.63, 3.8) is 0 Å². The average molecular weight is 364 g/mol. The smallest absolute Gasteiger partial charge is 0.325 e. The van der Waals surface area contributed by atoms with Crippen molar-refractivity contribution in [2.24, 2.45) is 0 Å². The van der Waals surface area contributed by atoms with Gasteiger partial charge in [-0.1, -0.05) is 42.5 Å². The van der Waals surface area contributed by atoms with Crippen LogP contribution >= 0.6 is 0 Å². The standard InChI is InChI=1S/C22H15F3N2/c23-22(24,25)15-9-10-17-18(13-15)16-6-2-3-7-19(16)26-21(17)27-12-11-14-5-1-4-8-20(14)27/h1-10,13H,11-12H2. The minimum absolute atomic E-state index is 0.579. The van der Waals surface area contributed by atoms with Crippen molar-refractivity contribution >= 4 is 33.2 Å². The molecule has 134 valence electrons. The maximum absolute atomic E-state index is 13.3. The number of aromatic nitrogens is 1. The van der Waals surface area contributed by atoms with E-state index in [1.165, 1.54) is 11.6 Å². The molecule has 0 atom stereocenters. The number of pyridine rings is 1. The number of anilines is 2. The van der Waals surface area contributed by atoms with E-state index in [4.69, 9.17) is 4.98 Å². The molecular weight excluding hydrogens is 349 g/mol. The second-order valence-corrected chi connectivity index (χ2v) is 6.74. The summed E-state index contributed by atoms with van der Waals surface area (Å²) in [6.45, 7) is 0.765. The van der Waals surface area contributed by atoms with E-state index in [-0.39, 0.29) is 0 Å². The van der Waals surface area contributed by atoms with Crippen LogP contribution in [0.25, 0.3) is 21.7 Å². The number of hydrogen-bond acceptors (Lipinski definition) is 2. The lowest BCUT2D eigenvalue weighted by Gasteiger charge is -2.22. The van der Waals surface area contributed by atoms with Crippen LogP contribution in [-0.2, 0) is 12.6 Å². The van der Waals surface area contributed by atoms with Crippen LogP contribution in [0.15, 0.2) is 66.7 Å². The van der Waals surface area contributed by atoms with Gasteiger partial charge in [0.15, 0.2) is 0 Å². The Balaban J connectivity index is 1.82. The average Bonchev–Trinajstić information content (AvgIpc) is 3.10. The summed E-state index contributed by atoms with van der Waals surface area (Å²) >= 11 is 0. The van der Waals surface area contributed by atoms with Crippen LogP contribution in [0.4, 0.5) is 24.7 Å². The minimum atomic E-state index is -4.38. The lowest BCUT2D eigenvalue weighted by atomic mass is 10.0. The zero-order valence-electron chi connectivity index (χ0n) is 14.3. The van der Waals surface area contributed by atoms with Crippen molar-refractivity contribution in [3.8, 4) is 0 Å². The maximum Gasteiger partial charge on any atom is 0.416 e. The molecule has 1 aromatic heterocycles. The minimum Gasteiger partial charge on any atom is -0.325 e. The highest BCUT2D eigenvalue weighted by Gasteiger charge is 2.31. The van der Waals surface area contributed by atoms with Crippen molar-refractivity contribution in [1.82, 2.24) is 4.98 Å². The Morgan fingerprint density at radius 2 is 1.59 bits per heavy atom. The van der Waals surface area contributed by atoms with Gasteiger partial charge in [-0.3, -0.25) is 0 Å². The molecule has 3 aromatic carbocycles. The second-order valence-electron chi connectivity index (χ2n) is 6.74. The Labute approximate surface area is 153 Å². The third kappa shape index (κ3) is 2.53. The van der Waals surface area contributed by atoms with E-state index in [0.29, 0.717) is 16.7 Å². The molecule has 1 aliphatic rings. The molecule has 5 rings (SSSR count). The van der Waals surface area contributed by atoms with Gasteiger partial charge in [0, 0.05) is 23.0 Å². The molecule has 0 spiro atoms. The van der Waals surface area contributed by atoms with Crippen LogP contribution in [-0.4, -0.2) is 11.5 Å². The number of hydrogen-bond donors (Lipinski definition) is 0. The summed E-state index contributed by atoms with van der Waals surface area (Å²) in [5.74, 6) is 0.711. The Kier molecular flexibility index (Phi) is 3.41. The van der Waals surface area contributed by atoms with Gasteiger partial charge in [-0.05, 0) is 41.6 Å². The highest BCUT2D eigenvalue weighted by Crippen LogP contribution is 2.41. The van der Waals surface area contributed by atoms with Crippen LogP contribution in [0.1, 0.15) is 11.1 Å². The Morgan fingerprint density at radius 3 is 2.44 bits per heavy atom. The van der Waals surface area contributed by atoms with Crippen LogP contribution in [0, 0.1) is 0 Å². The topological polar surface area (TPSA) is 16.1 Å². The molecule has 5 heteroatoms. The highest BCUT2D eigenvalue weighted by atomic mass is 19.4. The zero-order chi connectivity index (χ0) is 18.6. The Morgan fingerprint density at radius 1 is 0.815 bits per heavy atom. The van der Waals surface area contributed by atoms with Crippen LogP contribution in [0.3, 0.4) is 0 Å². The van der Waals surface area contributed by atoms with Crippen molar-refractivity contribution in [2.75, 3.05) is 11.4 Å². The molecule has 0 saturated heterocycles. The van der Waals surface area contributed by atoms with E-state index in [1.54, 1.807) is 6.07 Å². The largest absolute Gasteiger partial charge is 0.416 e. The SMILES string of the molecule is FC(F)(F)c1ccc2c(N3CCc4ccccc43)nc3ccccc3c2c1. The highest BCUT2D eigenvalue weighted by molar-refractivity contribution is 6.11. The summed E-state index contributed by atoms with van der Waals surface area (Å²) in [5, 5.41) is 2.04. The molecule has 0 N–H and O–H groups in total. The summed E-state index contributed by atoms with van der Waals surface area (Å²) < 4.78 is 39.9. The van der Waals surface area contributed by atoms with Gasteiger partial charge in [-0.25, -0.2) is 4.98 Å². The lowest BCUT2D eigenvalue weighted by Crippen LogP contribution is -2.15. The van der Waals surface area contributed by atoms with Gasteiger partial charge in [-0.15, -0.1) is 0 Å². The fourth-order valence-electron chi connectivity index (χ4n) is 3.88. The predicted molar refractivity (Wildman–Crippen MR) is 101 cm³/mol. The molecule has 0 radical (unpaired) electrons.